The van der Waals surface area contributed by atoms with Crippen LogP contribution in [0.1, 0.15) is 47.0 Å². The lowest BCUT2D eigenvalue weighted by atomic mass is 9.38. The third kappa shape index (κ3) is 3.65. The van der Waals surface area contributed by atoms with Gasteiger partial charge in [0.15, 0.2) is 23.4 Å². The minimum Gasteiger partial charge on any atom is -0.482 e. The van der Waals surface area contributed by atoms with Crippen LogP contribution in [0.2, 0.25) is 0 Å². The van der Waals surface area contributed by atoms with Gasteiger partial charge in [-0.3, -0.25) is 9.59 Å². The first-order chi connectivity index (χ1) is 18.4. The summed E-state index contributed by atoms with van der Waals surface area (Å²) in [5.74, 6) is -4.53. The van der Waals surface area contributed by atoms with Crippen molar-refractivity contribution in [1.29, 1.82) is 0 Å². The van der Waals surface area contributed by atoms with E-state index in [1.54, 1.807) is 20.8 Å². The van der Waals surface area contributed by atoms with Crippen LogP contribution in [0.4, 0.5) is 0 Å². The first kappa shape index (κ1) is 27.5. The Hall–Kier alpha value is -3.05. The molecule has 2 bridgehead atoms. The number of carbonyl (C=O) groups excluding carboxylic acids is 5. The zero-order chi connectivity index (χ0) is 28.5. The van der Waals surface area contributed by atoms with E-state index in [0.29, 0.717) is 17.4 Å². The zero-order valence-electron chi connectivity index (χ0n) is 22.7. The Labute approximate surface area is 225 Å². The van der Waals surface area contributed by atoms with Crippen molar-refractivity contribution >= 4 is 30.0 Å². The zero-order valence-corrected chi connectivity index (χ0v) is 22.7. The molecular formula is C28H34O11. The smallest absolute Gasteiger partial charge is 0.348 e. The number of ether oxygens (including phenoxy) is 5. The van der Waals surface area contributed by atoms with Gasteiger partial charge in [-0.05, 0) is 44.1 Å². The van der Waals surface area contributed by atoms with E-state index < -0.39 is 64.5 Å². The molecule has 0 aromatic heterocycles. The quantitative estimate of drug-likeness (QED) is 0.221. The fourth-order valence-corrected chi connectivity index (χ4v) is 8.59. The van der Waals surface area contributed by atoms with Crippen LogP contribution in [0.5, 0.6) is 0 Å². The standard InChI is InChI=1S/C28H34O11/c1-13(2)8-19(32)39-21-23-27-12-37-28(23,25(34)35-5)11-17(31)22(27)26(4)10-16(30)20(36-7-6-29)14(3)15(26)9-18(27)38-24(21)33/h6,8,15,17-18,21-23,31H,7,9-12H2,1-5H3/t15?,17-,18+,21+,22?,23+,26-,27+,28+/m0/s1. The normalized spacial score (nSPS) is 42.0. The Kier molecular flexibility index (Phi) is 6.53. The number of aldehydes is 1. The topological polar surface area (TPSA) is 152 Å². The molecule has 39 heavy (non-hydrogen) atoms. The molecule has 5 rings (SSSR count). The van der Waals surface area contributed by atoms with E-state index in [1.807, 2.05) is 6.92 Å². The average Bonchev–Trinajstić information content (AvgIpc) is 3.10. The third-order valence-electron chi connectivity index (χ3n) is 9.64. The summed E-state index contributed by atoms with van der Waals surface area (Å²) in [5, 5.41) is 11.7. The van der Waals surface area contributed by atoms with Crippen LogP contribution in [-0.2, 0) is 47.7 Å². The van der Waals surface area contributed by atoms with E-state index in [-0.39, 0.29) is 49.9 Å². The van der Waals surface area contributed by atoms with Crippen molar-refractivity contribution < 1.29 is 52.8 Å². The summed E-state index contributed by atoms with van der Waals surface area (Å²) in [7, 11) is 1.19. The molecular weight excluding hydrogens is 512 g/mol. The van der Waals surface area contributed by atoms with Crippen LogP contribution in [0.25, 0.3) is 0 Å². The fraction of sp³-hybridized carbons (Fsp3) is 0.679. The van der Waals surface area contributed by atoms with Crippen molar-refractivity contribution in [2.45, 2.75) is 70.9 Å². The van der Waals surface area contributed by atoms with Crippen LogP contribution < -0.4 is 0 Å². The lowest BCUT2D eigenvalue weighted by molar-refractivity contribution is -0.269. The van der Waals surface area contributed by atoms with Gasteiger partial charge in [-0.15, -0.1) is 0 Å². The van der Waals surface area contributed by atoms with Gasteiger partial charge < -0.3 is 28.8 Å². The van der Waals surface area contributed by atoms with Gasteiger partial charge in [-0.2, -0.15) is 0 Å². The summed E-state index contributed by atoms with van der Waals surface area (Å²) in [6.07, 6.45) is -1.54. The van der Waals surface area contributed by atoms with Gasteiger partial charge in [-0.25, -0.2) is 14.4 Å². The lowest BCUT2D eigenvalue weighted by Crippen LogP contribution is -2.75. The number of rotatable bonds is 6. The second-order valence-electron chi connectivity index (χ2n) is 11.9. The Morgan fingerprint density at radius 1 is 1.21 bits per heavy atom. The summed E-state index contributed by atoms with van der Waals surface area (Å²) >= 11 is 0. The molecule has 2 unspecified atom stereocenters. The van der Waals surface area contributed by atoms with Gasteiger partial charge in [-0.1, -0.05) is 12.5 Å². The van der Waals surface area contributed by atoms with Crippen LogP contribution in [0.3, 0.4) is 0 Å². The maximum Gasteiger partial charge on any atom is 0.348 e. The highest BCUT2D eigenvalue weighted by molar-refractivity contribution is 5.96. The minimum absolute atomic E-state index is 0.00745. The molecule has 4 fully saturated rings. The number of hydrogen-bond acceptors (Lipinski definition) is 11. The molecule has 1 spiro atoms. The number of aliphatic hydroxyl groups is 1. The number of hydrogen-bond donors (Lipinski definition) is 1. The van der Waals surface area contributed by atoms with E-state index in [0.717, 1.165) is 0 Å². The fourth-order valence-electron chi connectivity index (χ4n) is 8.59. The largest absolute Gasteiger partial charge is 0.482 e. The molecule has 2 aliphatic heterocycles. The molecule has 2 saturated heterocycles. The molecule has 3 aliphatic carbocycles. The predicted molar refractivity (Wildman–Crippen MR) is 130 cm³/mol. The van der Waals surface area contributed by atoms with Gasteiger partial charge in [0.05, 0.1) is 25.7 Å². The molecule has 2 saturated carbocycles. The Bertz CT molecular complexity index is 1200. The van der Waals surface area contributed by atoms with E-state index in [2.05, 4.69) is 0 Å². The molecule has 9 atom stereocenters. The summed E-state index contributed by atoms with van der Waals surface area (Å²) in [6, 6.07) is 0. The molecule has 2 heterocycles. The van der Waals surface area contributed by atoms with E-state index in [4.69, 9.17) is 23.7 Å². The molecule has 11 heteroatoms. The number of ketones is 1. The van der Waals surface area contributed by atoms with Crippen molar-refractivity contribution in [2.24, 2.45) is 28.6 Å². The molecule has 212 valence electrons. The molecule has 0 aromatic rings. The maximum absolute atomic E-state index is 13.5. The predicted octanol–water partition coefficient (Wildman–Crippen LogP) is 1.20. The molecule has 0 amide bonds. The van der Waals surface area contributed by atoms with Gasteiger partial charge in [0.2, 0.25) is 6.10 Å². The molecule has 5 aliphatic rings. The molecule has 11 nitrogen and oxygen atoms in total. The van der Waals surface area contributed by atoms with Crippen molar-refractivity contribution in [1.82, 2.24) is 0 Å². The monoisotopic (exact) mass is 546 g/mol. The first-order valence-corrected chi connectivity index (χ1v) is 13.1. The SMILES string of the molecule is COC(=O)[C@@]12C[C@H](O)C3[C@@]4(C)CC(=O)C(OCC=O)=C(C)C4C[C@H]4OC(=O)[C@H](OC(=O)C=C(C)C)[C@@H]1[C@@]34CO2. The van der Waals surface area contributed by atoms with Crippen molar-refractivity contribution in [3.63, 3.8) is 0 Å². The molecule has 1 N–H and O–H groups in total. The average molecular weight is 547 g/mol. The van der Waals surface area contributed by atoms with Gasteiger partial charge in [0, 0.05) is 30.3 Å². The summed E-state index contributed by atoms with van der Waals surface area (Å²) < 4.78 is 28.5. The lowest BCUT2D eigenvalue weighted by Gasteiger charge is -2.66. The first-order valence-electron chi connectivity index (χ1n) is 13.1. The van der Waals surface area contributed by atoms with E-state index in [9.17, 15) is 29.1 Å². The number of carbonyl (C=O) groups is 5. The molecule has 0 radical (unpaired) electrons. The van der Waals surface area contributed by atoms with Crippen LogP contribution in [0.15, 0.2) is 23.0 Å². The highest BCUT2D eigenvalue weighted by atomic mass is 16.6. The number of esters is 3. The van der Waals surface area contributed by atoms with Crippen LogP contribution in [0, 0.1) is 28.6 Å². The Morgan fingerprint density at radius 3 is 2.56 bits per heavy atom. The second kappa shape index (κ2) is 9.26. The maximum atomic E-state index is 13.5. The third-order valence-corrected chi connectivity index (χ3v) is 9.64. The van der Waals surface area contributed by atoms with E-state index >= 15 is 0 Å². The number of fused-ring (bicyclic) bond motifs is 2. The highest BCUT2D eigenvalue weighted by Crippen LogP contribution is 2.72. The van der Waals surface area contributed by atoms with Crippen molar-refractivity contribution in [2.75, 3.05) is 20.3 Å². The summed E-state index contributed by atoms with van der Waals surface area (Å²) in [6.45, 7) is 6.74. The number of Topliss-reactive ketones (excluding diaryl/α,β-unsaturated/α-hetero) is 1. The van der Waals surface area contributed by atoms with Crippen LogP contribution in [-0.4, -0.2) is 79.3 Å². The minimum atomic E-state index is -1.75. The van der Waals surface area contributed by atoms with E-state index in [1.165, 1.54) is 13.2 Å². The number of allylic oxidation sites excluding steroid dienone is 3. The summed E-state index contributed by atoms with van der Waals surface area (Å²) in [5.41, 5.74) is -2.45. The summed E-state index contributed by atoms with van der Waals surface area (Å²) in [4.78, 5) is 63.8. The Morgan fingerprint density at radius 2 is 1.92 bits per heavy atom. The number of aliphatic hydroxyl groups excluding tert-OH is 1. The Balaban J connectivity index is 1.67. The van der Waals surface area contributed by atoms with Gasteiger partial charge in [0.1, 0.15) is 12.7 Å². The second-order valence-corrected chi connectivity index (χ2v) is 11.9. The van der Waals surface area contributed by atoms with Crippen LogP contribution >= 0.6 is 0 Å². The highest BCUT2D eigenvalue weighted by Gasteiger charge is 2.82. The van der Waals surface area contributed by atoms with Gasteiger partial charge >= 0.3 is 17.9 Å². The van der Waals surface area contributed by atoms with Crippen molar-refractivity contribution in [3.8, 4) is 0 Å². The van der Waals surface area contributed by atoms with Gasteiger partial charge in [0.25, 0.3) is 0 Å². The number of methoxy groups -OCH3 is 1. The molecule has 0 aromatic carbocycles. The van der Waals surface area contributed by atoms with Crippen molar-refractivity contribution in [3.05, 3.63) is 23.0 Å².